The highest BCUT2D eigenvalue weighted by molar-refractivity contribution is 7.12. The van der Waals surface area contributed by atoms with Crippen LogP contribution in [0.5, 0.6) is 5.75 Å². The summed E-state index contributed by atoms with van der Waals surface area (Å²) in [6.07, 6.45) is 2.37. The fraction of sp³-hybridized carbons (Fsp3) is 0.353. The summed E-state index contributed by atoms with van der Waals surface area (Å²) in [5, 5.41) is 2.00. The van der Waals surface area contributed by atoms with Gasteiger partial charge in [0.05, 0.1) is 17.7 Å². The molecule has 0 aliphatic carbocycles. The number of methoxy groups -OCH3 is 1. The Morgan fingerprint density at radius 3 is 2.71 bits per heavy atom. The maximum absolute atomic E-state index is 6.09. The second kappa shape index (κ2) is 9.28. The number of benzene rings is 1. The molecule has 1 aliphatic heterocycles. The Kier molecular flexibility index (Phi) is 8.03. The number of hydrogen-bond acceptors (Lipinski definition) is 4. The number of thiophene rings is 1. The zero-order valence-corrected chi connectivity index (χ0v) is 16.2. The molecule has 2 N–H and O–H groups in total. The van der Waals surface area contributed by atoms with E-state index in [0.29, 0.717) is 11.9 Å². The minimum absolute atomic E-state index is 0. The van der Waals surface area contributed by atoms with E-state index in [-0.39, 0.29) is 24.8 Å². The van der Waals surface area contributed by atoms with Crippen LogP contribution in [0.4, 0.5) is 5.69 Å². The molecular weight excluding hydrogens is 365 g/mol. The molecule has 1 saturated heterocycles. The number of ether oxygens (including phenoxy) is 1. The quantitative estimate of drug-likeness (QED) is 0.624. The fourth-order valence-corrected chi connectivity index (χ4v) is 3.60. The van der Waals surface area contributed by atoms with E-state index in [9.17, 15) is 0 Å². The Bertz CT molecular complexity index is 676. The SMILES string of the molecule is COc1ccc(N=C(N)c2cccs2)cc1C1CCCN1C.Cl.Cl. The van der Waals surface area contributed by atoms with Gasteiger partial charge in [-0.1, -0.05) is 6.07 Å². The molecule has 0 saturated carbocycles. The summed E-state index contributed by atoms with van der Waals surface area (Å²) in [7, 11) is 3.88. The number of halogens is 2. The molecule has 1 fully saturated rings. The second-order valence-electron chi connectivity index (χ2n) is 5.54. The number of aliphatic imine (C=N–C) groups is 1. The molecule has 1 unspecified atom stereocenters. The van der Waals surface area contributed by atoms with E-state index < -0.39 is 0 Å². The van der Waals surface area contributed by atoms with Gasteiger partial charge in [-0.15, -0.1) is 36.2 Å². The lowest BCUT2D eigenvalue weighted by Crippen LogP contribution is -2.18. The van der Waals surface area contributed by atoms with Crippen LogP contribution in [-0.4, -0.2) is 31.4 Å². The lowest BCUT2D eigenvalue weighted by Gasteiger charge is -2.22. The van der Waals surface area contributed by atoms with Crippen LogP contribution in [0.2, 0.25) is 0 Å². The molecule has 1 aromatic carbocycles. The smallest absolute Gasteiger partial charge is 0.141 e. The van der Waals surface area contributed by atoms with Gasteiger partial charge in [-0.2, -0.15) is 0 Å². The van der Waals surface area contributed by atoms with Gasteiger partial charge >= 0.3 is 0 Å². The molecule has 1 aromatic heterocycles. The normalized spacial score (nSPS) is 17.9. The molecule has 132 valence electrons. The predicted molar refractivity (Wildman–Crippen MR) is 107 cm³/mol. The topological polar surface area (TPSA) is 50.9 Å². The molecule has 7 heteroatoms. The molecule has 2 heterocycles. The van der Waals surface area contributed by atoms with E-state index in [1.165, 1.54) is 12.0 Å². The summed E-state index contributed by atoms with van der Waals surface area (Å²) in [5.41, 5.74) is 8.17. The van der Waals surface area contributed by atoms with Crippen LogP contribution in [0.25, 0.3) is 0 Å². The first-order valence-electron chi connectivity index (χ1n) is 7.45. The Labute approximate surface area is 159 Å². The Morgan fingerprint density at radius 2 is 2.12 bits per heavy atom. The van der Waals surface area contributed by atoms with Gasteiger partial charge in [0, 0.05) is 11.6 Å². The van der Waals surface area contributed by atoms with Crippen molar-refractivity contribution in [2.24, 2.45) is 10.7 Å². The van der Waals surface area contributed by atoms with E-state index >= 15 is 0 Å². The maximum Gasteiger partial charge on any atom is 0.141 e. The highest BCUT2D eigenvalue weighted by Crippen LogP contribution is 2.38. The third-order valence-electron chi connectivity index (χ3n) is 4.12. The van der Waals surface area contributed by atoms with Crippen LogP contribution < -0.4 is 10.5 Å². The monoisotopic (exact) mass is 387 g/mol. The van der Waals surface area contributed by atoms with Crippen LogP contribution in [0.3, 0.4) is 0 Å². The van der Waals surface area contributed by atoms with Crippen molar-refractivity contribution in [3.05, 3.63) is 46.2 Å². The molecule has 1 aliphatic rings. The van der Waals surface area contributed by atoms with Gasteiger partial charge in [-0.05, 0) is 56.1 Å². The number of amidine groups is 1. The molecule has 0 bridgehead atoms. The summed E-state index contributed by atoms with van der Waals surface area (Å²) in [5.74, 6) is 1.48. The Hall–Kier alpha value is -1.27. The van der Waals surface area contributed by atoms with Crippen molar-refractivity contribution >= 4 is 47.7 Å². The molecule has 0 radical (unpaired) electrons. The van der Waals surface area contributed by atoms with E-state index in [0.717, 1.165) is 29.3 Å². The molecule has 0 spiro atoms. The van der Waals surface area contributed by atoms with E-state index in [4.69, 9.17) is 10.5 Å². The van der Waals surface area contributed by atoms with Crippen LogP contribution >= 0.6 is 36.2 Å². The van der Waals surface area contributed by atoms with Crippen LogP contribution in [0.1, 0.15) is 29.3 Å². The van der Waals surface area contributed by atoms with Crippen molar-refractivity contribution in [1.29, 1.82) is 0 Å². The lowest BCUT2D eigenvalue weighted by atomic mass is 10.0. The highest BCUT2D eigenvalue weighted by atomic mass is 35.5. The van der Waals surface area contributed by atoms with Crippen molar-refractivity contribution < 1.29 is 4.74 Å². The van der Waals surface area contributed by atoms with Gasteiger partial charge in [0.15, 0.2) is 0 Å². The first-order valence-corrected chi connectivity index (χ1v) is 8.33. The van der Waals surface area contributed by atoms with Gasteiger partial charge in [0.25, 0.3) is 0 Å². The number of rotatable bonds is 4. The van der Waals surface area contributed by atoms with Gasteiger partial charge < -0.3 is 10.5 Å². The molecule has 24 heavy (non-hydrogen) atoms. The third kappa shape index (κ3) is 4.42. The van der Waals surface area contributed by atoms with Crippen LogP contribution in [-0.2, 0) is 0 Å². The highest BCUT2D eigenvalue weighted by Gasteiger charge is 2.25. The van der Waals surface area contributed by atoms with Gasteiger partial charge in [0.2, 0.25) is 0 Å². The van der Waals surface area contributed by atoms with Gasteiger partial charge in [0.1, 0.15) is 11.6 Å². The molecule has 0 amide bonds. The van der Waals surface area contributed by atoms with E-state index in [2.05, 4.69) is 23.0 Å². The van der Waals surface area contributed by atoms with Crippen molar-refractivity contribution in [1.82, 2.24) is 4.90 Å². The minimum atomic E-state index is 0. The summed E-state index contributed by atoms with van der Waals surface area (Å²) in [6.45, 7) is 1.12. The molecular formula is C17H23Cl2N3OS. The third-order valence-corrected chi connectivity index (χ3v) is 5.01. The largest absolute Gasteiger partial charge is 0.496 e. The second-order valence-corrected chi connectivity index (χ2v) is 6.49. The number of hydrogen-bond donors (Lipinski definition) is 1. The first kappa shape index (κ1) is 20.8. The number of nitrogens with two attached hydrogens (primary N) is 1. The average Bonchev–Trinajstić information content (AvgIpc) is 3.18. The van der Waals surface area contributed by atoms with E-state index in [1.807, 2.05) is 29.6 Å². The van der Waals surface area contributed by atoms with Crippen molar-refractivity contribution in [2.75, 3.05) is 20.7 Å². The summed E-state index contributed by atoms with van der Waals surface area (Å²) >= 11 is 1.60. The van der Waals surface area contributed by atoms with Crippen LogP contribution in [0, 0.1) is 0 Å². The average molecular weight is 388 g/mol. The maximum atomic E-state index is 6.09. The van der Waals surface area contributed by atoms with Crippen molar-refractivity contribution in [3.63, 3.8) is 0 Å². The summed E-state index contributed by atoms with van der Waals surface area (Å²) in [6, 6.07) is 10.4. The van der Waals surface area contributed by atoms with Crippen molar-refractivity contribution in [2.45, 2.75) is 18.9 Å². The molecule has 1 atom stereocenters. The zero-order valence-electron chi connectivity index (χ0n) is 13.8. The first-order chi connectivity index (χ1) is 10.7. The predicted octanol–water partition coefficient (Wildman–Crippen LogP) is 4.40. The van der Waals surface area contributed by atoms with Crippen molar-refractivity contribution in [3.8, 4) is 5.75 Å². The Balaban J connectivity index is 0.00000144. The molecule has 4 nitrogen and oxygen atoms in total. The summed E-state index contributed by atoms with van der Waals surface area (Å²) < 4.78 is 5.53. The lowest BCUT2D eigenvalue weighted by molar-refractivity contribution is 0.305. The fourth-order valence-electron chi connectivity index (χ4n) is 2.97. The number of likely N-dealkylation sites (tertiary alicyclic amines) is 1. The molecule has 3 rings (SSSR count). The van der Waals surface area contributed by atoms with E-state index in [1.54, 1.807) is 18.4 Å². The summed E-state index contributed by atoms with van der Waals surface area (Å²) in [4.78, 5) is 7.93. The van der Waals surface area contributed by atoms with Gasteiger partial charge in [-0.3, -0.25) is 4.90 Å². The van der Waals surface area contributed by atoms with Crippen LogP contribution in [0.15, 0.2) is 40.7 Å². The minimum Gasteiger partial charge on any atom is -0.496 e. The Morgan fingerprint density at radius 1 is 1.33 bits per heavy atom. The number of nitrogens with zero attached hydrogens (tertiary/aromatic N) is 2. The van der Waals surface area contributed by atoms with Gasteiger partial charge in [-0.25, -0.2) is 4.99 Å². The standard InChI is InChI=1S/C17H21N3OS.2ClH/c1-20-9-3-5-14(20)13-11-12(7-8-15(13)21-2)19-17(18)16-6-4-10-22-16;;/h4,6-8,10-11,14H,3,5,9H2,1-2H3,(H2,18,19);2*1H. The zero-order chi connectivity index (χ0) is 15.5. The molecule has 2 aromatic rings.